The van der Waals surface area contributed by atoms with E-state index in [1.807, 2.05) is 138 Å². The number of nitrogen functional groups attached to an aromatic ring is 1. The highest BCUT2D eigenvalue weighted by Crippen LogP contribution is 2.36. The number of nitrogens with one attached hydrogen (secondary N) is 5. The summed E-state index contributed by atoms with van der Waals surface area (Å²) in [6.07, 6.45) is 20.1. The highest BCUT2D eigenvalue weighted by atomic mass is 79.9. The molecule has 13 heterocycles. The van der Waals surface area contributed by atoms with Crippen LogP contribution in [0.4, 0.5) is 38.5 Å². The zero-order valence-electron chi connectivity index (χ0n) is 56.7. The minimum atomic E-state index is -0.374. The first-order valence-corrected chi connectivity index (χ1v) is 38.0. The van der Waals surface area contributed by atoms with E-state index in [1.165, 1.54) is 12.8 Å². The Kier molecular flexibility index (Phi) is 24.3. The lowest BCUT2D eigenvalue weighted by atomic mass is 9.93. The quantitative estimate of drug-likeness (QED) is 0.0417. The third-order valence-electron chi connectivity index (χ3n) is 18.3. The number of aromatic nitrogens is 14. The highest BCUT2D eigenvalue weighted by Gasteiger charge is 2.28. The highest BCUT2D eigenvalue weighted by molar-refractivity contribution is 9.11. The molecule has 3 saturated heterocycles. The van der Waals surface area contributed by atoms with Crippen LogP contribution in [0.2, 0.25) is 10.0 Å². The van der Waals surface area contributed by atoms with Gasteiger partial charge >= 0.3 is 12.1 Å². The van der Waals surface area contributed by atoms with Crippen molar-refractivity contribution >= 4 is 151 Å². The van der Waals surface area contributed by atoms with Crippen molar-refractivity contribution in [3.05, 3.63) is 227 Å². The van der Waals surface area contributed by atoms with Gasteiger partial charge in [0.2, 0.25) is 0 Å². The van der Waals surface area contributed by atoms with Crippen molar-refractivity contribution in [3.8, 4) is 22.5 Å². The average Bonchev–Trinajstić information content (AvgIpc) is 1.74. The standard InChI is InChI=1S/C19H15BrClN5.C18H19BrClN5.2C18H20BrN7O/c20-15-11-24-26-18(23-10-12-5-7-13(22)8-6-12)9-17(25-19(15)26)14-3-1-2-4-16(14)21;19-14-11-23-25-17(22-10-12-5-7-21-8-6-12)9-16(24-18(14)25)13-3-1-2-4-15(13)20;19-14-10-23-26-16(22-9-12-3-1-5-21-8-12)7-15(24-17(14)26)13-4-2-6-25(11-13)18(20)27;19-14-11-23-26-16(22-10-12-2-1-5-21-9-12)8-15(24-17(14)26)13-3-6-25(7-4-13)18(20)27/h1-9,11,23H,10,22H2;1-4,9,11-12,21-22H,5-8,10H2;1,3,5,7-8,10,13,22H,2,4,6,9,11H2,(H2,20,27);1-2,5,8-9,11,13,22H,3-4,6-7,10H2,(H2,20,27). The molecule has 540 valence electrons. The first-order chi connectivity index (χ1) is 51.1. The molecule has 0 saturated carbocycles. The molecule has 0 radical (unpaired) electrons. The van der Waals surface area contributed by atoms with Crippen molar-refractivity contribution in [2.75, 3.05) is 72.8 Å². The van der Waals surface area contributed by atoms with Gasteiger partial charge in [-0.1, -0.05) is 83.9 Å². The van der Waals surface area contributed by atoms with Crippen LogP contribution in [0.1, 0.15) is 78.4 Å². The Morgan fingerprint density at radius 2 is 0.914 bits per heavy atom. The van der Waals surface area contributed by atoms with Gasteiger partial charge < -0.3 is 53.6 Å². The maximum absolute atomic E-state index is 11.6. The summed E-state index contributed by atoms with van der Waals surface area (Å²) in [6.45, 7) is 7.64. The van der Waals surface area contributed by atoms with Crippen LogP contribution in [0.5, 0.6) is 0 Å². The Morgan fingerprint density at radius 3 is 1.37 bits per heavy atom. The van der Waals surface area contributed by atoms with E-state index < -0.39 is 0 Å². The van der Waals surface area contributed by atoms with Crippen molar-refractivity contribution in [2.45, 2.75) is 70.0 Å². The fourth-order valence-electron chi connectivity index (χ4n) is 12.7. The smallest absolute Gasteiger partial charge is 0.314 e. The molecule has 0 aliphatic carbocycles. The third kappa shape index (κ3) is 18.2. The van der Waals surface area contributed by atoms with E-state index in [-0.39, 0.29) is 23.9 Å². The van der Waals surface area contributed by atoms with Gasteiger partial charge in [-0.25, -0.2) is 29.5 Å². The van der Waals surface area contributed by atoms with Gasteiger partial charge in [-0.2, -0.15) is 38.5 Å². The van der Waals surface area contributed by atoms with Crippen molar-refractivity contribution in [3.63, 3.8) is 0 Å². The van der Waals surface area contributed by atoms with E-state index in [0.717, 1.165) is 165 Å². The number of primary amides is 2. The molecule has 3 aliphatic heterocycles. The topological polar surface area (TPSA) is 325 Å². The number of halogens is 6. The third-order valence-corrected chi connectivity index (χ3v) is 21.2. The van der Waals surface area contributed by atoms with Crippen LogP contribution < -0.4 is 43.8 Å². The van der Waals surface area contributed by atoms with Crippen molar-refractivity contribution in [1.82, 2.24) is 83.5 Å². The molecular formula is C73H74Br4Cl2N24O2. The molecule has 26 nitrogen and oxygen atoms in total. The number of fused-ring (bicyclic) bond motifs is 4. The van der Waals surface area contributed by atoms with Crippen LogP contribution in [-0.2, 0) is 19.6 Å². The molecule has 0 spiro atoms. The Balaban J connectivity index is 0.000000124. The largest absolute Gasteiger partial charge is 0.399 e. The van der Waals surface area contributed by atoms with Crippen LogP contribution >= 0.6 is 86.9 Å². The molecule has 11 N–H and O–H groups in total. The van der Waals surface area contributed by atoms with E-state index in [0.29, 0.717) is 61.8 Å². The van der Waals surface area contributed by atoms with Crippen LogP contribution in [0, 0.1) is 5.92 Å². The molecule has 105 heavy (non-hydrogen) atoms. The van der Waals surface area contributed by atoms with Crippen LogP contribution in [-0.4, -0.2) is 136 Å². The second-order valence-electron chi connectivity index (χ2n) is 25.4. The number of anilines is 5. The normalized spacial score (nSPS) is 14.8. The first kappa shape index (κ1) is 73.7. The van der Waals surface area contributed by atoms with E-state index in [2.05, 4.69) is 121 Å². The van der Waals surface area contributed by atoms with Crippen LogP contribution in [0.15, 0.2) is 189 Å². The molecule has 1 atom stereocenters. The number of urea groups is 2. The Bertz CT molecular complexity index is 5150. The second kappa shape index (κ2) is 34.6. The molecule has 3 aliphatic rings. The van der Waals surface area contributed by atoms with E-state index in [4.69, 9.17) is 60.3 Å². The predicted molar refractivity (Wildman–Crippen MR) is 425 cm³/mol. The zero-order chi connectivity index (χ0) is 72.9. The van der Waals surface area contributed by atoms with Gasteiger partial charge in [0.1, 0.15) is 23.3 Å². The lowest BCUT2D eigenvalue weighted by molar-refractivity contribution is 0.188. The average molecular weight is 1710 g/mol. The van der Waals surface area contributed by atoms with Gasteiger partial charge in [0.05, 0.1) is 59.8 Å². The molecule has 3 fully saturated rings. The number of carbonyl (C=O) groups is 2. The Labute approximate surface area is 648 Å². The molecule has 4 amide bonds. The minimum absolute atomic E-state index is 0.150. The number of hydrogen-bond acceptors (Lipinski definition) is 18. The molecule has 16 rings (SSSR count). The predicted octanol–water partition coefficient (Wildman–Crippen LogP) is 14.7. The summed E-state index contributed by atoms with van der Waals surface area (Å²) in [5, 5.41) is 36.3. The lowest BCUT2D eigenvalue weighted by Gasteiger charge is -2.31. The lowest BCUT2D eigenvalue weighted by Crippen LogP contribution is -2.42. The van der Waals surface area contributed by atoms with Gasteiger partial charge in [0.25, 0.3) is 0 Å². The molecule has 10 aromatic heterocycles. The Morgan fingerprint density at radius 1 is 0.476 bits per heavy atom. The Hall–Kier alpha value is -9.56. The van der Waals surface area contributed by atoms with Crippen LogP contribution in [0.25, 0.3) is 45.1 Å². The second-order valence-corrected chi connectivity index (χ2v) is 29.6. The van der Waals surface area contributed by atoms with E-state index in [1.54, 1.807) is 60.5 Å². The fraction of sp³-hybridized carbons (Fsp3) is 0.260. The van der Waals surface area contributed by atoms with Gasteiger partial charge in [0, 0.05) is 146 Å². The monoisotopic (exact) mass is 1700 g/mol. The van der Waals surface area contributed by atoms with Gasteiger partial charge in [0.15, 0.2) is 22.6 Å². The minimum Gasteiger partial charge on any atom is -0.399 e. The summed E-state index contributed by atoms with van der Waals surface area (Å²) in [4.78, 5) is 53.6. The molecule has 1 unspecified atom stereocenters. The summed E-state index contributed by atoms with van der Waals surface area (Å²) in [5.74, 6) is 4.59. The number of rotatable bonds is 16. The van der Waals surface area contributed by atoms with Gasteiger partial charge in [-0.3, -0.25) is 9.97 Å². The number of benzene rings is 3. The van der Waals surface area contributed by atoms with E-state index >= 15 is 0 Å². The number of carbonyl (C=O) groups excluding carboxylic acids is 2. The molecule has 3 aromatic carbocycles. The summed E-state index contributed by atoms with van der Waals surface area (Å²) in [7, 11) is 0. The first-order valence-electron chi connectivity index (χ1n) is 34.1. The molecule has 0 bridgehead atoms. The van der Waals surface area contributed by atoms with Gasteiger partial charge in [-0.05, 0) is 174 Å². The fourth-order valence-corrected chi connectivity index (χ4v) is 14.5. The maximum Gasteiger partial charge on any atom is 0.314 e. The molecule has 32 heteroatoms. The number of amides is 4. The van der Waals surface area contributed by atoms with Crippen molar-refractivity contribution < 1.29 is 9.59 Å². The van der Waals surface area contributed by atoms with Crippen LogP contribution in [0.3, 0.4) is 0 Å². The molecular weight excluding hydrogens is 1640 g/mol. The van der Waals surface area contributed by atoms with Crippen molar-refractivity contribution in [1.29, 1.82) is 0 Å². The number of hydrogen-bond donors (Lipinski definition) is 8. The zero-order valence-corrected chi connectivity index (χ0v) is 64.5. The number of likely N-dealkylation sites (tertiary alicyclic amines) is 2. The number of pyridine rings is 2. The van der Waals surface area contributed by atoms with Crippen molar-refractivity contribution in [2.24, 2.45) is 17.4 Å². The number of nitrogens with two attached hydrogens (primary N) is 3. The molecule has 13 aromatic rings. The number of piperidine rings is 3. The summed E-state index contributed by atoms with van der Waals surface area (Å²) >= 11 is 26.8. The number of nitrogens with zero attached hydrogens (tertiary/aromatic N) is 16. The summed E-state index contributed by atoms with van der Waals surface area (Å²) in [5.41, 5.74) is 29.0. The maximum atomic E-state index is 11.6. The SMILES string of the molecule is Clc1ccccc1-c1cc(NCC2CCNCC2)n2ncc(Br)c2n1.NC(=O)N1CCC(c2cc(NCc3cccnc3)n3ncc(Br)c3n2)CC1.NC(=O)N1CCCC(c2cc(NCc3cccnc3)n3ncc(Br)c3n2)C1.Nc1ccc(CNc2cc(-c3ccccc3Cl)nc3c(Br)cnn23)cc1. The van der Waals surface area contributed by atoms with Gasteiger partial charge in [-0.15, -0.1) is 0 Å². The van der Waals surface area contributed by atoms with E-state index in [9.17, 15) is 9.59 Å². The summed E-state index contributed by atoms with van der Waals surface area (Å²) < 4.78 is 10.5. The summed E-state index contributed by atoms with van der Waals surface area (Å²) in [6, 6.07) is 38.4.